The van der Waals surface area contributed by atoms with E-state index in [0.29, 0.717) is 23.7 Å². The maximum atomic E-state index is 12.5. The Kier molecular flexibility index (Phi) is 5.11. The summed E-state index contributed by atoms with van der Waals surface area (Å²) in [7, 11) is 1.54. The van der Waals surface area contributed by atoms with Crippen molar-refractivity contribution in [3.05, 3.63) is 102 Å². The smallest absolute Gasteiger partial charge is 0.339 e. The summed E-state index contributed by atoms with van der Waals surface area (Å²) in [5.41, 5.74) is 2.30. The number of carbonyl (C=O) groups excluding carboxylic acids is 1. The number of rotatable bonds is 4. The number of esters is 1. The predicted molar refractivity (Wildman–Crippen MR) is 107 cm³/mol. The third kappa shape index (κ3) is 3.76. The molecule has 0 aromatic heterocycles. The van der Waals surface area contributed by atoms with Gasteiger partial charge in [-0.05, 0) is 23.8 Å². The lowest BCUT2D eigenvalue weighted by molar-refractivity contribution is -0.129. The van der Waals surface area contributed by atoms with Crippen LogP contribution < -0.4 is 14.2 Å². The Morgan fingerprint density at radius 2 is 1.61 bits per heavy atom. The van der Waals surface area contributed by atoms with Crippen LogP contribution in [0.5, 0.6) is 17.2 Å². The van der Waals surface area contributed by atoms with E-state index < -0.39 is 5.97 Å². The van der Waals surface area contributed by atoms with Crippen molar-refractivity contribution < 1.29 is 19.0 Å². The van der Waals surface area contributed by atoms with Gasteiger partial charge in [0.05, 0.1) is 13.2 Å². The Labute approximate surface area is 164 Å². The molecule has 1 aliphatic rings. The van der Waals surface area contributed by atoms with Gasteiger partial charge in [-0.3, -0.25) is 0 Å². The summed E-state index contributed by atoms with van der Waals surface area (Å²) >= 11 is 0. The minimum atomic E-state index is -0.495. The first-order chi connectivity index (χ1) is 13.7. The van der Waals surface area contributed by atoms with Crippen LogP contribution in [0.3, 0.4) is 0 Å². The molecule has 0 fully saturated rings. The number of ether oxygens (including phenoxy) is 3. The molecule has 1 atom stereocenters. The third-order valence-corrected chi connectivity index (χ3v) is 4.70. The lowest BCUT2D eigenvalue weighted by Crippen LogP contribution is -2.16. The normalized spacial score (nSPS) is 16.8. The fourth-order valence-corrected chi connectivity index (χ4v) is 3.40. The molecule has 4 rings (SSSR count). The first kappa shape index (κ1) is 17.9. The average Bonchev–Trinajstić information content (AvgIpc) is 2.74. The largest absolute Gasteiger partial charge is 0.493 e. The van der Waals surface area contributed by atoms with Gasteiger partial charge in [0, 0.05) is 17.9 Å². The zero-order chi connectivity index (χ0) is 19.3. The van der Waals surface area contributed by atoms with Crippen LogP contribution in [0.2, 0.25) is 0 Å². The molecule has 0 N–H and O–H groups in total. The highest BCUT2D eigenvalue weighted by molar-refractivity contribution is 5.85. The van der Waals surface area contributed by atoms with Gasteiger partial charge in [-0.15, -0.1) is 0 Å². The van der Waals surface area contributed by atoms with E-state index in [4.69, 9.17) is 14.2 Å². The molecule has 28 heavy (non-hydrogen) atoms. The lowest BCUT2D eigenvalue weighted by atomic mass is 9.85. The van der Waals surface area contributed by atoms with Crippen LogP contribution in [0.15, 0.2) is 90.7 Å². The van der Waals surface area contributed by atoms with E-state index in [1.54, 1.807) is 18.2 Å². The zero-order valence-corrected chi connectivity index (χ0v) is 15.5. The van der Waals surface area contributed by atoms with E-state index in [1.807, 2.05) is 42.5 Å². The predicted octanol–water partition coefficient (Wildman–Crippen LogP) is 5.10. The number of methoxy groups -OCH3 is 1. The number of hydrogen-bond acceptors (Lipinski definition) is 4. The van der Waals surface area contributed by atoms with E-state index >= 15 is 0 Å². The summed E-state index contributed by atoms with van der Waals surface area (Å²) in [5.74, 6) is 1.85. The Hall–Kier alpha value is -3.53. The Morgan fingerprint density at radius 3 is 2.39 bits per heavy atom. The van der Waals surface area contributed by atoms with Gasteiger partial charge in [-0.1, -0.05) is 60.7 Å². The van der Waals surface area contributed by atoms with E-state index in [1.165, 1.54) is 18.7 Å². The number of carbonyl (C=O) groups is 1. The van der Waals surface area contributed by atoms with Crippen LogP contribution in [-0.4, -0.2) is 13.1 Å². The molecule has 0 aliphatic carbocycles. The molecule has 4 heteroatoms. The molecule has 0 saturated heterocycles. The van der Waals surface area contributed by atoms with Crippen LogP contribution >= 0.6 is 0 Å². The number of hydrogen-bond donors (Lipinski definition) is 0. The van der Waals surface area contributed by atoms with Gasteiger partial charge in [0.2, 0.25) is 0 Å². The Balaban J connectivity index is 1.61. The van der Waals surface area contributed by atoms with Crippen molar-refractivity contribution in [2.45, 2.75) is 12.3 Å². The molecule has 4 nitrogen and oxygen atoms in total. The van der Waals surface area contributed by atoms with Crippen LogP contribution in [0.4, 0.5) is 0 Å². The van der Waals surface area contributed by atoms with Crippen molar-refractivity contribution in [1.82, 2.24) is 0 Å². The molecule has 0 radical (unpaired) electrons. The van der Waals surface area contributed by atoms with Crippen LogP contribution in [0.1, 0.15) is 23.5 Å². The van der Waals surface area contributed by atoms with Gasteiger partial charge in [-0.25, -0.2) is 4.79 Å². The molecule has 3 aromatic rings. The second-order valence-corrected chi connectivity index (χ2v) is 6.49. The first-order valence-corrected chi connectivity index (χ1v) is 9.11. The maximum absolute atomic E-state index is 12.5. The number of fused-ring (bicyclic) bond motifs is 1. The van der Waals surface area contributed by atoms with Gasteiger partial charge in [0.25, 0.3) is 0 Å². The summed E-state index contributed by atoms with van der Waals surface area (Å²) in [5, 5.41) is 0. The summed E-state index contributed by atoms with van der Waals surface area (Å²) in [6, 6.07) is 25.2. The summed E-state index contributed by atoms with van der Waals surface area (Å²) < 4.78 is 16.7. The molecule has 0 unspecified atom stereocenters. The monoisotopic (exact) mass is 372 g/mol. The molecule has 140 valence electrons. The highest BCUT2D eigenvalue weighted by Gasteiger charge is 2.26. The average molecular weight is 372 g/mol. The minimum Gasteiger partial charge on any atom is -0.493 e. The van der Waals surface area contributed by atoms with Crippen LogP contribution in [0, 0.1) is 0 Å². The molecule has 0 amide bonds. The number of benzene rings is 3. The van der Waals surface area contributed by atoms with Gasteiger partial charge in [0.15, 0.2) is 11.5 Å². The quantitative estimate of drug-likeness (QED) is 0.363. The first-order valence-electron chi connectivity index (χ1n) is 9.11. The van der Waals surface area contributed by atoms with Gasteiger partial charge in [0.1, 0.15) is 11.5 Å². The van der Waals surface area contributed by atoms with Crippen LogP contribution in [-0.2, 0) is 4.79 Å². The summed E-state index contributed by atoms with van der Waals surface area (Å²) in [6.45, 7) is 0. The molecule has 1 heterocycles. The van der Waals surface area contributed by atoms with Crippen LogP contribution in [0.25, 0.3) is 0 Å². The SMILES string of the molecule is COc1ccccc1OC(=O)/C=C1\C[C@H](c2ccccc2)c2ccccc2O1. The molecule has 0 bridgehead atoms. The molecular formula is C24H20O4. The fraction of sp³-hybridized carbons (Fsp3) is 0.125. The van der Waals surface area contributed by atoms with Crippen molar-refractivity contribution in [3.8, 4) is 17.2 Å². The highest BCUT2D eigenvalue weighted by Crippen LogP contribution is 2.41. The molecule has 1 aliphatic heterocycles. The Morgan fingerprint density at radius 1 is 0.929 bits per heavy atom. The summed E-state index contributed by atoms with van der Waals surface area (Å²) in [6.07, 6.45) is 2.00. The van der Waals surface area contributed by atoms with Crippen molar-refractivity contribution >= 4 is 5.97 Å². The Bertz CT molecular complexity index is 1010. The van der Waals surface area contributed by atoms with Gasteiger partial charge >= 0.3 is 5.97 Å². The number of para-hydroxylation sites is 3. The van der Waals surface area contributed by atoms with Gasteiger partial charge < -0.3 is 14.2 Å². The van der Waals surface area contributed by atoms with E-state index in [2.05, 4.69) is 18.2 Å². The van der Waals surface area contributed by atoms with Crippen molar-refractivity contribution in [3.63, 3.8) is 0 Å². The van der Waals surface area contributed by atoms with E-state index in [-0.39, 0.29) is 5.92 Å². The maximum Gasteiger partial charge on any atom is 0.339 e. The fourth-order valence-electron chi connectivity index (χ4n) is 3.40. The lowest BCUT2D eigenvalue weighted by Gasteiger charge is -2.27. The zero-order valence-electron chi connectivity index (χ0n) is 15.5. The standard InChI is InChI=1S/C24H20O4/c1-26-22-13-7-8-14-23(22)28-24(25)16-18-15-20(17-9-3-2-4-10-17)19-11-5-6-12-21(19)27-18/h2-14,16,20H,15H2,1H3/b18-16+/t20-/m1/s1. The molecule has 0 saturated carbocycles. The van der Waals surface area contributed by atoms with E-state index in [9.17, 15) is 4.79 Å². The van der Waals surface area contributed by atoms with Crippen molar-refractivity contribution in [2.24, 2.45) is 0 Å². The molecule has 3 aromatic carbocycles. The molecular weight excluding hydrogens is 352 g/mol. The second-order valence-electron chi connectivity index (χ2n) is 6.49. The van der Waals surface area contributed by atoms with Gasteiger partial charge in [-0.2, -0.15) is 0 Å². The van der Waals surface area contributed by atoms with Crippen molar-refractivity contribution in [1.29, 1.82) is 0 Å². The molecule has 0 spiro atoms. The topological polar surface area (TPSA) is 44.8 Å². The third-order valence-electron chi connectivity index (χ3n) is 4.70. The van der Waals surface area contributed by atoms with Crippen molar-refractivity contribution in [2.75, 3.05) is 7.11 Å². The van der Waals surface area contributed by atoms with E-state index in [0.717, 1.165) is 11.3 Å². The highest BCUT2D eigenvalue weighted by atomic mass is 16.6. The second kappa shape index (κ2) is 8.01. The number of allylic oxidation sites excluding steroid dienone is 1. The summed E-state index contributed by atoms with van der Waals surface area (Å²) in [4.78, 5) is 12.5. The minimum absolute atomic E-state index is 0.122.